The molecule has 0 bridgehead atoms. The van der Waals surface area contributed by atoms with Crippen molar-refractivity contribution in [2.45, 2.75) is 32.3 Å². The fraction of sp³-hybridized carbons (Fsp3) is 0.833. The number of aromatic nitrogens is 3. The number of hydrogen-bond donors (Lipinski definition) is 1. The van der Waals surface area contributed by atoms with E-state index in [2.05, 4.69) is 10.1 Å². The molecule has 0 aliphatic heterocycles. The number of nitrogens with zero attached hydrogens (tertiary/aromatic N) is 3. The Bertz CT molecular complexity index is 339. The minimum Gasteiger partial charge on any atom is -0.373 e. The molecule has 0 amide bonds. The van der Waals surface area contributed by atoms with Crippen LogP contribution in [0.25, 0.3) is 0 Å². The smallest absolute Gasteiger partial charge is 0.152 e. The highest BCUT2D eigenvalue weighted by molar-refractivity contribution is 4.80. The summed E-state index contributed by atoms with van der Waals surface area (Å²) >= 11 is 0. The third-order valence-electron chi connectivity index (χ3n) is 3.74. The summed E-state index contributed by atoms with van der Waals surface area (Å²) in [5.41, 5.74) is 5.80. The first-order valence-electron chi connectivity index (χ1n) is 6.42. The molecule has 1 aliphatic carbocycles. The second-order valence-corrected chi connectivity index (χ2v) is 4.86. The van der Waals surface area contributed by atoms with Gasteiger partial charge in [0.1, 0.15) is 12.9 Å². The summed E-state index contributed by atoms with van der Waals surface area (Å²) in [6.07, 6.45) is 6.70. The Labute approximate surface area is 102 Å². The predicted molar refractivity (Wildman–Crippen MR) is 65.2 cm³/mol. The van der Waals surface area contributed by atoms with Gasteiger partial charge in [-0.1, -0.05) is 12.8 Å². The minimum atomic E-state index is 0.546. The maximum Gasteiger partial charge on any atom is 0.152 e. The topological polar surface area (TPSA) is 66.0 Å². The Hall–Kier alpha value is -0.940. The third-order valence-corrected chi connectivity index (χ3v) is 3.74. The SMILES string of the molecule is Cn1ncnc1COCC1CCCCC1CN. The third kappa shape index (κ3) is 3.26. The van der Waals surface area contributed by atoms with Gasteiger partial charge in [0, 0.05) is 7.05 Å². The van der Waals surface area contributed by atoms with E-state index in [0.717, 1.165) is 19.0 Å². The van der Waals surface area contributed by atoms with Crippen LogP contribution in [-0.4, -0.2) is 27.9 Å². The first-order valence-corrected chi connectivity index (χ1v) is 6.42. The summed E-state index contributed by atoms with van der Waals surface area (Å²) in [5, 5.41) is 4.02. The lowest BCUT2D eigenvalue weighted by atomic mass is 9.80. The van der Waals surface area contributed by atoms with E-state index in [4.69, 9.17) is 10.5 Å². The van der Waals surface area contributed by atoms with Crippen LogP contribution in [0, 0.1) is 11.8 Å². The lowest BCUT2D eigenvalue weighted by molar-refractivity contribution is 0.0467. The zero-order valence-electron chi connectivity index (χ0n) is 10.5. The second-order valence-electron chi connectivity index (χ2n) is 4.86. The van der Waals surface area contributed by atoms with Crippen LogP contribution >= 0.6 is 0 Å². The highest BCUT2D eigenvalue weighted by Crippen LogP contribution is 2.29. The maximum absolute atomic E-state index is 5.80. The monoisotopic (exact) mass is 238 g/mol. The molecule has 17 heavy (non-hydrogen) atoms. The van der Waals surface area contributed by atoms with Gasteiger partial charge in [0.2, 0.25) is 0 Å². The zero-order chi connectivity index (χ0) is 12.1. The molecule has 2 unspecified atom stereocenters. The molecule has 0 radical (unpaired) electrons. The molecule has 1 heterocycles. The standard InChI is InChI=1S/C12H22N4O/c1-16-12(14-9-15-16)8-17-7-11-5-3-2-4-10(11)6-13/h9-11H,2-8,13H2,1H3. The van der Waals surface area contributed by atoms with Crippen molar-refractivity contribution in [3.05, 3.63) is 12.2 Å². The molecule has 0 saturated heterocycles. The van der Waals surface area contributed by atoms with Gasteiger partial charge in [-0.25, -0.2) is 4.98 Å². The van der Waals surface area contributed by atoms with E-state index in [-0.39, 0.29) is 0 Å². The number of ether oxygens (including phenoxy) is 1. The quantitative estimate of drug-likeness (QED) is 0.834. The summed E-state index contributed by atoms with van der Waals surface area (Å²) in [5.74, 6) is 2.15. The molecule has 1 fully saturated rings. The number of nitrogens with two attached hydrogens (primary N) is 1. The molecule has 2 rings (SSSR count). The van der Waals surface area contributed by atoms with E-state index in [9.17, 15) is 0 Å². The number of rotatable bonds is 5. The van der Waals surface area contributed by atoms with Crippen LogP contribution in [0.3, 0.4) is 0 Å². The number of hydrogen-bond acceptors (Lipinski definition) is 4. The average molecular weight is 238 g/mol. The van der Waals surface area contributed by atoms with E-state index < -0.39 is 0 Å². The lowest BCUT2D eigenvalue weighted by Gasteiger charge is -2.30. The fourth-order valence-electron chi connectivity index (χ4n) is 2.57. The van der Waals surface area contributed by atoms with Crippen molar-refractivity contribution in [3.63, 3.8) is 0 Å². The van der Waals surface area contributed by atoms with E-state index in [1.165, 1.54) is 25.7 Å². The van der Waals surface area contributed by atoms with Crippen molar-refractivity contribution >= 4 is 0 Å². The van der Waals surface area contributed by atoms with Gasteiger partial charge < -0.3 is 10.5 Å². The van der Waals surface area contributed by atoms with E-state index >= 15 is 0 Å². The summed E-state index contributed by atoms with van der Waals surface area (Å²) < 4.78 is 7.50. The van der Waals surface area contributed by atoms with Gasteiger partial charge in [0.15, 0.2) is 5.82 Å². The Morgan fingerprint density at radius 2 is 2.18 bits per heavy atom. The van der Waals surface area contributed by atoms with Crippen molar-refractivity contribution in [2.75, 3.05) is 13.2 Å². The van der Waals surface area contributed by atoms with Crippen molar-refractivity contribution in [1.82, 2.24) is 14.8 Å². The lowest BCUT2D eigenvalue weighted by Crippen LogP contribution is -2.29. The second kappa shape index (κ2) is 6.12. The van der Waals surface area contributed by atoms with Gasteiger partial charge in [-0.3, -0.25) is 4.68 Å². The normalized spacial score (nSPS) is 25.1. The predicted octanol–water partition coefficient (Wildman–Crippen LogP) is 1.10. The Balaban J connectivity index is 1.75. The van der Waals surface area contributed by atoms with Gasteiger partial charge in [-0.15, -0.1) is 0 Å². The maximum atomic E-state index is 5.80. The summed E-state index contributed by atoms with van der Waals surface area (Å²) in [7, 11) is 1.88. The molecule has 1 aromatic heterocycles. The molecule has 5 nitrogen and oxygen atoms in total. The Morgan fingerprint density at radius 1 is 1.41 bits per heavy atom. The highest BCUT2D eigenvalue weighted by Gasteiger charge is 2.23. The van der Waals surface area contributed by atoms with Crippen LogP contribution < -0.4 is 5.73 Å². The number of aryl methyl sites for hydroxylation is 1. The minimum absolute atomic E-state index is 0.546. The molecular weight excluding hydrogens is 216 g/mol. The van der Waals surface area contributed by atoms with Crippen LogP contribution in [0.1, 0.15) is 31.5 Å². The summed E-state index contributed by atoms with van der Waals surface area (Å²) in [6.45, 7) is 2.14. The van der Waals surface area contributed by atoms with Crippen molar-refractivity contribution < 1.29 is 4.74 Å². The Morgan fingerprint density at radius 3 is 2.82 bits per heavy atom. The first kappa shape index (κ1) is 12.5. The van der Waals surface area contributed by atoms with Crippen LogP contribution in [0.15, 0.2) is 6.33 Å². The average Bonchev–Trinajstić information content (AvgIpc) is 2.76. The first-order chi connectivity index (χ1) is 8.31. The van der Waals surface area contributed by atoms with Gasteiger partial charge in [0.05, 0.1) is 6.61 Å². The largest absolute Gasteiger partial charge is 0.373 e. The van der Waals surface area contributed by atoms with Crippen molar-refractivity contribution in [1.29, 1.82) is 0 Å². The van der Waals surface area contributed by atoms with E-state index in [0.29, 0.717) is 18.4 Å². The zero-order valence-corrected chi connectivity index (χ0v) is 10.5. The summed E-state index contributed by atoms with van der Waals surface area (Å²) in [4.78, 5) is 4.14. The molecule has 2 N–H and O–H groups in total. The highest BCUT2D eigenvalue weighted by atomic mass is 16.5. The fourth-order valence-corrected chi connectivity index (χ4v) is 2.57. The van der Waals surface area contributed by atoms with Gasteiger partial charge in [-0.2, -0.15) is 5.10 Å². The van der Waals surface area contributed by atoms with Crippen LogP contribution in [-0.2, 0) is 18.4 Å². The van der Waals surface area contributed by atoms with Crippen LogP contribution in [0.4, 0.5) is 0 Å². The molecule has 1 aromatic rings. The van der Waals surface area contributed by atoms with Crippen molar-refractivity contribution in [2.24, 2.45) is 24.6 Å². The van der Waals surface area contributed by atoms with Gasteiger partial charge in [0.25, 0.3) is 0 Å². The molecule has 96 valence electrons. The van der Waals surface area contributed by atoms with E-state index in [1.807, 2.05) is 7.05 Å². The molecule has 2 atom stereocenters. The van der Waals surface area contributed by atoms with Gasteiger partial charge >= 0.3 is 0 Å². The molecular formula is C12H22N4O. The van der Waals surface area contributed by atoms with Crippen LogP contribution in [0.2, 0.25) is 0 Å². The molecule has 1 saturated carbocycles. The molecule has 5 heteroatoms. The van der Waals surface area contributed by atoms with Crippen LogP contribution in [0.5, 0.6) is 0 Å². The molecule has 0 aromatic carbocycles. The molecule has 1 aliphatic rings. The molecule has 0 spiro atoms. The Kier molecular flexibility index (Phi) is 4.50. The van der Waals surface area contributed by atoms with Crippen molar-refractivity contribution in [3.8, 4) is 0 Å². The van der Waals surface area contributed by atoms with Gasteiger partial charge in [-0.05, 0) is 31.2 Å². The van der Waals surface area contributed by atoms with E-state index in [1.54, 1.807) is 11.0 Å². The summed E-state index contributed by atoms with van der Waals surface area (Å²) in [6, 6.07) is 0.